The van der Waals surface area contributed by atoms with Gasteiger partial charge in [-0.15, -0.1) is 11.3 Å². The summed E-state index contributed by atoms with van der Waals surface area (Å²) in [5.74, 6) is 8.53. The molecule has 3 aliphatic heterocycles. The number of H-pyrrole nitrogens is 2. The third kappa shape index (κ3) is 26.7. The Morgan fingerprint density at radius 3 is 2.03 bits per heavy atom. The highest BCUT2D eigenvalue weighted by Gasteiger charge is 2.40. The zero-order valence-corrected chi connectivity index (χ0v) is 88.1. The molecule has 0 spiro atoms. The van der Waals surface area contributed by atoms with Crippen LogP contribution in [0.25, 0.3) is 54.7 Å². The minimum atomic E-state index is -3.67. The van der Waals surface area contributed by atoms with Gasteiger partial charge in [0.15, 0.2) is 67.0 Å². The number of hydrogen-bond acceptors (Lipinski definition) is 28. The molecule has 5 fully saturated rings. The first-order valence-electron chi connectivity index (χ1n) is 48.7. The topological polar surface area (TPSA) is 400 Å². The number of fused-ring (bicyclic) bond motifs is 6. The SMILES string of the molecule is CC1C[C@@H]1c1nc(NC2CC2)nc(N2CCS(=O)(=O)CC2)n1.CCN=c1ncn(Cc2ccc(OC)c(OC3CCCC3)c2)c2nc(C(C)C)[nH]c12.CCOc1cc2cc(C(=O)O)sc2cc1OCC.CCn1c(=O)cc(-c2cccc(Br)c2)c2ccc(C)nc21.COc1cc(-c2ccc(=O)[nH]n2)ccc1OC(F)F.COc1cc2c(cc1OC)[C@H]1CN(C)CC[C@H]1N=C2c1ccc(NS(=O)(=O)c2ccc(C)cc2)cc1. The van der Waals surface area contributed by atoms with Gasteiger partial charge in [0.05, 0.1) is 94.5 Å². The first-order valence-corrected chi connectivity index (χ1v) is 53.7. The molecule has 10 heterocycles. The lowest BCUT2D eigenvalue weighted by Crippen LogP contribution is -2.41. The second-order valence-electron chi connectivity index (χ2n) is 36.5. The van der Waals surface area contributed by atoms with Crippen LogP contribution < -0.4 is 69.4 Å². The van der Waals surface area contributed by atoms with Crippen LogP contribution >= 0.6 is 27.3 Å². The summed E-state index contributed by atoms with van der Waals surface area (Å²) >= 11 is 4.72. The number of nitrogens with zero attached hydrogens (tertiary/aromatic N) is 13. The number of sulfone groups is 1. The summed E-state index contributed by atoms with van der Waals surface area (Å²) in [6.07, 6.45) is 11.2. The molecule has 39 heteroatoms. The maximum Gasteiger partial charge on any atom is 0.387 e. The number of rotatable bonds is 28. The van der Waals surface area contributed by atoms with Crippen molar-refractivity contribution in [2.75, 3.05) is 108 Å². The number of thiophene rings is 1. The van der Waals surface area contributed by atoms with Gasteiger partial charge >= 0.3 is 12.6 Å². The average Bonchev–Trinajstić information content (AvgIpc) is 0.820. The molecule has 6 aliphatic rings. The van der Waals surface area contributed by atoms with Crippen LogP contribution in [0.15, 0.2) is 205 Å². The Kier molecular flexibility index (Phi) is 35.1. The predicted octanol–water partition coefficient (Wildman–Crippen LogP) is 19.0. The number of pyridine rings is 2. The standard InChI is InChI=1S/C28H31N3O4S.C23H31N5O2.C17H15BrN2O.C14H21N5O2S.C13H14O4S.C12H10F2N2O3/c1-18-5-11-21(12-6-18)36(32,33)30-20-9-7-19(8-10-20)28-23-16-27(35-4)26(34-3)15-22(23)24-17-31(2)14-13-25(24)29-28;1-5-24-22-20-23(27-21(26-20)15(2)3)28(14-25-22)13-16-10-11-18(29-4)19(12-16)30-17-8-6-7-9-17;1-3-20-16(21)10-15(12-5-4-6-13(18)9-12)14-8-7-11(2)19-17(14)20;1-9-8-11(9)12-16-13(15-10-2-3-10)18-14(17-12)19-4-6-22(20,21)7-5-19;1-3-16-9-5-8-6-12(13(14)15)18-11(8)7-10(9)17-4-2;1-18-10-6-7(2-4-9(10)19-12(13)14)8-3-5-11(17)16-15-8/h5-12,15-16,24-25,30H,13-14,17H2,1-4H3;10-12,14-15,17H,5-9,13H2,1-4H3,(H,26,27);4-10H,3H2,1-2H3;9-11H,2-8H2,1H3,(H,15,16,17,18);5-7H,3-4H2,1-2H3,(H,14,15);2-6,12H,1H3,(H,16,17)/t24-,25-;;;9?,11-;;/m1..0../s1. The molecule has 146 heavy (non-hydrogen) atoms. The molecule has 20 rings (SSSR count). The number of likely N-dealkylation sites (N-methyl/N-ethyl adjacent to an activating group) is 1. The molecule has 770 valence electrons. The number of sulfonamides is 1. The zero-order chi connectivity index (χ0) is 104. The van der Waals surface area contributed by atoms with Gasteiger partial charge < -0.3 is 67.7 Å². The molecule has 2 saturated heterocycles. The van der Waals surface area contributed by atoms with Crippen LogP contribution in [0.1, 0.15) is 172 Å². The highest BCUT2D eigenvalue weighted by molar-refractivity contribution is 9.10. The average molecular weight is 2120 g/mol. The van der Waals surface area contributed by atoms with Crippen molar-refractivity contribution in [2.45, 2.75) is 174 Å². The van der Waals surface area contributed by atoms with Gasteiger partial charge in [-0.1, -0.05) is 84.7 Å². The van der Waals surface area contributed by atoms with Gasteiger partial charge in [0.25, 0.3) is 21.1 Å². The Bertz CT molecular complexity index is 7410. The van der Waals surface area contributed by atoms with E-state index in [2.05, 4.69) is 131 Å². The van der Waals surface area contributed by atoms with E-state index in [1.807, 2.05) is 126 Å². The smallest absolute Gasteiger partial charge is 0.387 e. The molecule has 14 aromatic rings. The normalized spacial score (nSPS) is 16.8. The highest BCUT2D eigenvalue weighted by atomic mass is 79.9. The number of imidazole rings is 1. The molecule has 0 amide bonds. The Morgan fingerprint density at radius 1 is 0.692 bits per heavy atom. The first kappa shape index (κ1) is 107. The van der Waals surface area contributed by atoms with Crippen LogP contribution in [0.2, 0.25) is 0 Å². The third-order valence-corrected chi connectivity index (χ3v) is 30.1. The molecule has 1 unspecified atom stereocenters. The molecule has 33 nitrogen and oxygen atoms in total. The largest absolute Gasteiger partial charge is 0.493 e. The summed E-state index contributed by atoms with van der Waals surface area (Å²) in [5.41, 5.74) is 13.5. The molecule has 3 aliphatic carbocycles. The number of benzene rings is 7. The minimum absolute atomic E-state index is 0.0157. The van der Waals surface area contributed by atoms with E-state index < -0.39 is 32.4 Å². The van der Waals surface area contributed by atoms with Crippen molar-refractivity contribution in [1.82, 2.24) is 59.1 Å². The summed E-state index contributed by atoms with van der Waals surface area (Å²) in [4.78, 5) is 79.9. The molecular formula is C107H122BrF2N17O16S3. The second-order valence-corrected chi connectivity index (χ2v) is 42.5. The minimum Gasteiger partial charge on any atom is -0.493 e. The molecular weight excluding hydrogens is 1990 g/mol. The fraction of sp³-hybridized carbons (Fsp3) is 0.383. The number of piperidine rings is 1. The van der Waals surface area contributed by atoms with Gasteiger partial charge in [0, 0.05) is 117 Å². The monoisotopic (exact) mass is 2110 g/mol. The maximum atomic E-state index is 12.8. The number of aromatic nitrogens is 11. The van der Waals surface area contributed by atoms with Gasteiger partial charge in [-0.25, -0.2) is 41.7 Å². The zero-order valence-electron chi connectivity index (χ0n) is 84.0. The van der Waals surface area contributed by atoms with Crippen LogP contribution in [0.5, 0.6) is 46.0 Å². The maximum absolute atomic E-state index is 12.8. The quantitative estimate of drug-likeness (QED) is 0.0304. The lowest BCUT2D eigenvalue weighted by molar-refractivity contribution is -0.0512. The van der Waals surface area contributed by atoms with E-state index in [1.54, 1.807) is 80.5 Å². The Hall–Kier alpha value is -13.8. The number of hydrogen-bond donors (Lipinski definition) is 5. The first-order chi connectivity index (χ1) is 70.2. The van der Waals surface area contributed by atoms with Gasteiger partial charge in [-0.3, -0.25) is 28.9 Å². The van der Waals surface area contributed by atoms with Crippen molar-refractivity contribution in [2.24, 2.45) is 15.9 Å². The van der Waals surface area contributed by atoms with Gasteiger partial charge in [0.2, 0.25) is 11.9 Å². The van der Waals surface area contributed by atoms with E-state index in [0.29, 0.717) is 132 Å². The molecule has 0 bridgehead atoms. The fourth-order valence-corrected chi connectivity index (χ4v) is 21.1. The lowest BCUT2D eigenvalue weighted by atomic mass is 9.79. The number of carboxylic acid groups (broad SMARTS) is 1. The number of nitrogens with one attached hydrogen (secondary N) is 4. The number of carboxylic acids is 1. The number of aromatic carboxylic acids is 1. The molecule has 5 N–H and O–H groups in total. The van der Waals surface area contributed by atoms with Crippen molar-refractivity contribution in [3.8, 4) is 68.4 Å². The Labute approximate surface area is 858 Å². The molecule has 3 saturated carbocycles. The van der Waals surface area contributed by atoms with E-state index >= 15 is 0 Å². The number of likely N-dealkylation sites (tertiary alicyclic amines) is 1. The Morgan fingerprint density at radius 2 is 1.38 bits per heavy atom. The van der Waals surface area contributed by atoms with Gasteiger partial charge in [-0.05, 0) is 249 Å². The molecule has 4 atom stereocenters. The lowest BCUT2D eigenvalue weighted by Gasteiger charge is -2.39. The number of ether oxygens (including phenoxy) is 8. The number of aryl methyl sites for hydroxylation is 3. The van der Waals surface area contributed by atoms with Crippen LogP contribution in [-0.4, -0.2) is 210 Å². The van der Waals surface area contributed by atoms with Crippen molar-refractivity contribution in [3.05, 3.63) is 257 Å². The van der Waals surface area contributed by atoms with E-state index in [-0.39, 0.29) is 57.1 Å². The highest BCUT2D eigenvalue weighted by Crippen LogP contribution is 2.47. The van der Waals surface area contributed by atoms with Crippen molar-refractivity contribution in [3.63, 3.8) is 0 Å². The van der Waals surface area contributed by atoms with E-state index in [9.17, 15) is 40.0 Å². The van der Waals surface area contributed by atoms with Crippen LogP contribution in [-0.2, 0) is 33.0 Å². The summed E-state index contributed by atoms with van der Waals surface area (Å²) in [7, 11) is 1.90. The van der Waals surface area contributed by atoms with Crippen molar-refractivity contribution in [1.29, 1.82) is 0 Å². The number of aliphatic imine (C=N–C) groups is 1. The van der Waals surface area contributed by atoms with Crippen LogP contribution in [0.4, 0.5) is 26.4 Å². The van der Waals surface area contributed by atoms with E-state index in [1.165, 1.54) is 61.1 Å². The van der Waals surface area contributed by atoms with Crippen LogP contribution in [0.3, 0.4) is 0 Å². The second kappa shape index (κ2) is 48.1. The van der Waals surface area contributed by atoms with Crippen molar-refractivity contribution >= 4 is 109 Å². The summed E-state index contributed by atoms with van der Waals surface area (Å²) < 4.78 is 125. The summed E-state index contributed by atoms with van der Waals surface area (Å²) in [6.45, 7) is 21.1. The number of methoxy groups -OCH3 is 4. The number of halogens is 3. The molecule has 7 aromatic carbocycles. The number of carbonyl (C=O) groups is 1. The Balaban J connectivity index is 0.000000134. The fourth-order valence-electron chi connectivity index (χ4n) is 17.5. The van der Waals surface area contributed by atoms with Crippen LogP contribution in [0, 0.1) is 19.8 Å². The molecule has 7 aromatic heterocycles. The van der Waals surface area contributed by atoms with Crippen molar-refractivity contribution < 1.29 is 73.4 Å². The number of alkyl halides is 2. The number of aromatic amines is 2. The third-order valence-electron chi connectivity index (χ3n) is 25.5. The summed E-state index contributed by atoms with van der Waals surface area (Å²) in [6, 6.07) is 51.3. The van der Waals surface area contributed by atoms with Gasteiger partial charge in [0.1, 0.15) is 27.7 Å². The predicted molar refractivity (Wildman–Crippen MR) is 567 cm³/mol. The van der Waals surface area contributed by atoms with Gasteiger partial charge in [-0.2, -0.15) is 28.8 Å². The molecule has 0 radical (unpaired) electrons. The van der Waals surface area contributed by atoms with E-state index in [4.69, 9.17) is 48.2 Å². The summed E-state index contributed by atoms with van der Waals surface area (Å²) in [5, 5.41) is 20.3. The number of anilines is 3. The van der Waals surface area contributed by atoms with E-state index in [0.717, 1.165) is 156 Å².